The molecule has 0 saturated heterocycles. The van der Waals surface area contributed by atoms with Crippen molar-refractivity contribution in [1.82, 2.24) is 14.8 Å². The zero-order valence-corrected chi connectivity index (χ0v) is 14.2. The van der Waals surface area contributed by atoms with Crippen molar-refractivity contribution in [3.8, 4) is 40.2 Å². The van der Waals surface area contributed by atoms with Gasteiger partial charge in [0.1, 0.15) is 5.75 Å². The Morgan fingerprint density at radius 1 is 1.08 bits per heavy atom. The maximum atomic E-state index is 9.35. The molecule has 1 aromatic carbocycles. The van der Waals surface area contributed by atoms with Gasteiger partial charge in [-0.1, -0.05) is 0 Å². The van der Waals surface area contributed by atoms with Crippen LogP contribution in [0.15, 0.2) is 34.9 Å². The van der Waals surface area contributed by atoms with Crippen LogP contribution in [0.4, 0.5) is 0 Å². The second kappa shape index (κ2) is 7.27. The first-order chi connectivity index (χ1) is 12.2. The van der Waals surface area contributed by atoms with Crippen molar-refractivity contribution in [2.75, 3.05) is 27.9 Å². The van der Waals surface area contributed by atoms with Gasteiger partial charge in [-0.25, -0.2) is 9.67 Å². The van der Waals surface area contributed by atoms with Crippen LogP contribution in [0.25, 0.3) is 23.0 Å². The molecule has 0 radical (unpaired) electrons. The van der Waals surface area contributed by atoms with Gasteiger partial charge in [0.2, 0.25) is 5.82 Å². The minimum absolute atomic E-state index is 0.0798. The topological polar surface area (TPSA) is 91.8 Å². The summed E-state index contributed by atoms with van der Waals surface area (Å²) in [6, 6.07) is 7.02. The van der Waals surface area contributed by atoms with E-state index >= 15 is 0 Å². The molecule has 0 unspecified atom stereocenters. The summed E-state index contributed by atoms with van der Waals surface area (Å²) >= 11 is 0. The number of benzene rings is 1. The summed E-state index contributed by atoms with van der Waals surface area (Å²) in [5.41, 5.74) is 0.666. The Morgan fingerprint density at radius 2 is 1.80 bits per heavy atom. The lowest BCUT2D eigenvalue weighted by Crippen LogP contribution is -2.07. The highest BCUT2D eigenvalue weighted by molar-refractivity contribution is 5.71. The van der Waals surface area contributed by atoms with Crippen LogP contribution in [0.3, 0.4) is 0 Å². The first-order valence-electron chi connectivity index (χ1n) is 7.61. The summed E-state index contributed by atoms with van der Waals surface area (Å²) in [5.74, 6) is 3.12. The molecule has 3 rings (SSSR count). The molecule has 8 heteroatoms. The van der Waals surface area contributed by atoms with E-state index < -0.39 is 0 Å². The molecule has 132 valence electrons. The summed E-state index contributed by atoms with van der Waals surface area (Å²) < 4.78 is 23.1. The summed E-state index contributed by atoms with van der Waals surface area (Å²) in [7, 11) is 4.67. The Balaban J connectivity index is 2.17. The fraction of sp³-hybridized carbons (Fsp3) is 0.294. The number of aromatic nitrogens is 3. The third-order valence-electron chi connectivity index (χ3n) is 3.67. The number of ether oxygens (including phenoxy) is 3. The van der Waals surface area contributed by atoms with Gasteiger partial charge < -0.3 is 23.7 Å². The lowest BCUT2D eigenvalue weighted by molar-refractivity contribution is 0.270. The number of hydrogen-bond acceptors (Lipinski definition) is 7. The largest absolute Gasteiger partial charge is 0.496 e. The summed E-state index contributed by atoms with van der Waals surface area (Å²) in [6.07, 6.45) is 1.55. The number of hydrogen-bond donors (Lipinski definition) is 1. The van der Waals surface area contributed by atoms with Gasteiger partial charge >= 0.3 is 0 Å². The van der Waals surface area contributed by atoms with Crippen LogP contribution in [0, 0.1) is 0 Å². The zero-order chi connectivity index (χ0) is 17.8. The third-order valence-corrected chi connectivity index (χ3v) is 3.67. The van der Waals surface area contributed by atoms with Crippen LogP contribution in [0.5, 0.6) is 17.2 Å². The number of nitrogens with zero attached hydrogens (tertiary/aromatic N) is 3. The Morgan fingerprint density at radius 3 is 2.40 bits per heavy atom. The highest BCUT2D eigenvalue weighted by atomic mass is 16.5. The maximum Gasteiger partial charge on any atom is 0.217 e. The van der Waals surface area contributed by atoms with Gasteiger partial charge in [-0.2, -0.15) is 0 Å². The first kappa shape index (κ1) is 16.8. The van der Waals surface area contributed by atoms with Crippen LogP contribution in [0.1, 0.15) is 0 Å². The molecule has 2 aromatic heterocycles. The smallest absolute Gasteiger partial charge is 0.217 e. The molecular formula is C17H19N3O5. The summed E-state index contributed by atoms with van der Waals surface area (Å²) in [6.45, 7) is 0.199. The normalized spacial score (nSPS) is 10.7. The van der Waals surface area contributed by atoms with Crippen LogP contribution in [0.2, 0.25) is 0 Å². The van der Waals surface area contributed by atoms with E-state index in [-0.39, 0.29) is 13.2 Å². The number of methoxy groups -OCH3 is 3. The number of aliphatic hydroxyl groups is 1. The predicted octanol–water partition coefficient (Wildman–Crippen LogP) is 2.22. The summed E-state index contributed by atoms with van der Waals surface area (Å²) in [4.78, 5) is 4.55. The van der Waals surface area contributed by atoms with Gasteiger partial charge in [-0.15, -0.1) is 5.10 Å². The van der Waals surface area contributed by atoms with Crippen LogP contribution in [-0.2, 0) is 6.54 Å². The van der Waals surface area contributed by atoms with Gasteiger partial charge in [0, 0.05) is 6.07 Å². The molecule has 8 nitrogen and oxygen atoms in total. The molecular weight excluding hydrogens is 326 g/mol. The van der Waals surface area contributed by atoms with Crippen molar-refractivity contribution in [2.45, 2.75) is 6.54 Å². The van der Waals surface area contributed by atoms with E-state index in [1.54, 1.807) is 56.5 Å². The fourth-order valence-electron chi connectivity index (χ4n) is 2.51. The average Bonchev–Trinajstić information content (AvgIpc) is 3.30. The Labute approximate surface area is 144 Å². The second-order valence-electron chi connectivity index (χ2n) is 5.09. The highest BCUT2D eigenvalue weighted by Crippen LogP contribution is 2.39. The van der Waals surface area contributed by atoms with Crippen molar-refractivity contribution < 1.29 is 23.7 Å². The third kappa shape index (κ3) is 3.16. The maximum absolute atomic E-state index is 9.35. The molecule has 1 N–H and O–H groups in total. The molecule has 0 aliphatic rings. The predicted molar refractivity (Wildman–Crippen MR) is 89.9 cm³/mol. The number of furan rings is 1. The first-order valence-corrected chi connectivity index (χ1v) is 7.61. The number of aliphatic hydroxyl groups excluding tert-OH is 1. The van der Waals surface area contributed by atoms with E-state index in [1.165, 1.54) is 0 Å². The quantitative estimate of drug-likeness (QED) is 0.702. The van der Waals surface area contributed by atoms with E-state index in [0.717, 1.165) is 0 Å². The van der Waals surface area contributed by atoms with Crippen molar-refractivity contribution in [2.24, 2.45) is 0 Å². The molecule has 0 atom stereocenters. The standard InChI is InChI=1S/C17H19N3O5/c1-22-13-10-15(24-3)14(23-2)9-11(13)17-18-16(12-5-4-8-25-12)19-20(17)6-7-21/h4-5,8-10,21H,6-7H2,1-3H3. The molecule has 0 bridgehead atoms. The van der Waals surface area contributed by atoms with Crippen LogP contribution in [-0.4, -0.2) is 47.8 Å². The van der Waals surface area contributed by atoms with E-state index in [1.807, 2.05) is 0 Å². The van der Waals surface area contributed by atoms with Gasteiger partial charge in [0.15, 0.2) is 23.1 Å². The van der Waals surface area contributed by atoms with E-state index in [0.29, 0.717) is 40.2 Å². The lowest BCUT2D eigenvalue weighted by Gasteiger charge is -2.14. The van der Waals surface area contributed by atoms with Crippen LogP contribution < -0.4 is 14.2 Å². The molecule has 0 fully saturated rings. The van der Waals surface area contributed by atoms with Crippen molar-refractivity contribution >= 4 is 0 Å². The van der Waals surface area contributed by atoms with E-state index in [2.05, 4.69) is 10.1 Å². The molecule has 25 heavy (non-hydrogen) atoms. The molecule has 0 spiro atoms. The number of rotatable bonds is 7. The van der Waals surface area contributed by atoms with Crippen molar-refractivity contribution in [3.05, 3.63) is 30.5 Å². The van der Waals surface area contributed by atoms with Crippen LogP contribution >= 0.6 is 0 Å². The van der Waals surface area contributed by atoms with Gasteiger partial charge in [-0.3, -0.25) is 0 Å². The van der Waals surface area contributed by atoms with Crippen molar-refractivity contribution in [3.63, 3.8) is 0 Å². The highest BCUT2D eigenvalue weighted by Gasteiger charge is 2.21. The zero-order valence-electron chi connectivity index (χ0n) is 14.2. The Kier molecular flexibility index (Phi) is 4.90. The molecule has 2 heterocycles. The second-order valence-corrected chi connectivity index (χ2v) is 5.09. The minimum atomic E-state index is -0.0798. The van der Waals surface area contributed by atoms with E-state index in [4.69, 9.17) is 18.6 Å². The Hall–Kier alpha value is -3.00. The molecule has 0 amide bonds. The minimum Gasteiger partial charge on any atom is -0.496 e. The van der Waals surface area contributed by atoms with Gasteiger partial charge in [-0.05, 0) is 18.2 Å². The van der Waals surface area contributed by atoms with Gasteiger partial charge in [0.05, 0.1) is 46.3 Å². The SMILES string of the molecule is COc1cc(OC)c(-c2nc(-c3ccco3)nn2CCO)cc1OC. The molecule has 0 saturated carbocycles. The van der Waals surface area contributed by atoms with E-state index in [9.17, 15) is 5.11 Å². The Bertz CT molecular complexity index is 842. The van der Waals surface area contributed by atoms with Crippen molar-refractivity contribution in [1.29, 1.82) is 0 Å². The van der Waals surface area contributed by atoms with Gasteiger partial charge in [0.25, 0.3) is 0 Å². The average molecular weight is 345 g/mol. The molecule has 0 aliphatic heterocycles. The molecule has 0 aliphatic carbocycles. The fourth-order valence-corrected chi connectivity index (χ4v) is 2.51. The lowest BCUT2D eigenvalue weighted by atomic mass is 10.1. The molecule has 3 aromatic rings. The summed E-state index contributed by atoms with van der Waals surface area (Å²) in [5, 5.41) is 13.8. The monoisotopic (exact) mass is 345 g/mol.